The van der Waals surface area contributed by atoms with E-state index in [4.69, 9.17) is 5.11 Å². The molecule has 6 nitrogen and oxygen atoms in total. The fourth-order valence-electron chi connectivity index (χ4n) is 3.85. The number of benzene rings is 1. The number of fused-ring (bicyclic) bond motifs is 1. The summed E-state index contributed by atoms with van der Waals surface area (Å²) in [5, 5.41) is 21.9. The summed E-state index contributed by atoms with van der Waals surface area (Å²) in [6.45, 7) is 4.06. The van der Waals surface area contributed by atoms with E-state index >= 15 is 0 Å². The van der Waals surface area contributed by atoms with Crippen molar-refractivity contribution in [2.45, 2.75) is 62.5 Å². The van der Waals surface area contributed by atoms with Crippen LogP contribution in [0.4, 0.5) is 15.9 Å². The number of nitrogens with zero attached hydrogens (tertiary/aromatic N) is 1. The van der Waals surface area contributed by atoms with Crippen molar-refractivity contribution in [3.05, 3.63) is 40.8 Å². The first-order chi connectivity index (χ1) is 14.9. The highest BCUT2D eigenvalue weighted by molar-refractivity contribution is 7.98. The van der Waals surface area contributed by atoms with Crippen LogP contribution in [-0.4, -0.2) is 40.8 Å². The average molecular weight is 449 g/mol. The van der Waals surface area contributed by atoms with Crippen molar-refractivity contribution in [1.82, 2.24) is 15.5 Å². The molecule has 2 aromatic rings. The number of halogens is 1. The average Bonchev–Trinajstić information content (AvgIpc) is 3.51. The third kappa shape index (κ3) is 6.08. The summed E-state index contributed by atoms with van der Waals surface area (Å²) >= 11 is 1.74. The largest absolute Gasteiger partial charge is 0.394 e. The Bertz CT molecular complexity index is 880. The van der Waals surface area contributed by atoms with Gasteiger partial charge in [0.2, 0.25) is 0 Å². The van der Waals surface area contributed by atoms with Gasteiger partial charge in [-0.25, -0.2) is 4.39 Å². The second kappa shape index (κ2) is 10.6. The number of H-pyrrole nitrogens is 1. The Hall–Kier alpha value is -1.90. The molecule has 2 unspecified atom stereocenters. The first-order valence-corrected chi connectivity index (χ1v) is 12.0. The van der Waals surface area contributed by atoms with Crippen LogP contribution >= 0.6 is 11.8 Å². The maximum absolute atomic E-state index is 14.6. The summed E-state index contributed by atoms with van der Waals surface area (Å²) in [5.41, 5.74) is 3.36. The zero-order chi connectivity index (χ0) is 22.4. The van der Waals surface area contributed by atoms with Gasteiger partial charge in [-0.2, -0.15) is 16.9 Å². The number of carbonyl (C=O) groups is 1. The van der Waals surface area contributed by atoms with Gasteiger partial charge in [0.15, 0.2) is 11.6 Å². The Morgan fingerprint density at radius 2 is 2.16 bits per heavy atom. The molecule has 0 spiro atoms. The second-order valence-corrected chi connectivity index (χ2v) is 9.95. The topological polar surface area (TPSA) is 90.0 Å². The molecule has 0 bridgehead atoms. The minimum atomic E-state index is -0.158. The first kappa shape index (κ1) is 23.8. The van der Waals surface area contributed by atoms with Gasteiger partial charge in [-0.1, -0.05) is 6.07 Å². The highest BCUT2D eigenvalue weighted by atomic mass is 32.2. The number of hydrogen-bond acceptors (Lipinski definition) is 6. The van der Waals surface area contributed by atoms with Crippen LogP contribution in [0, 0.1) is 11.7 Å². The second-order valence-electron chi connectivity index (χ2n) is 8.96. The SMILES string of the molecule is CNC(C)(C)CO.O=CCC1CCC(c2cc(Nc3ccc4c(c3F)CSC4)n[nH]2)C1. The van der Waals surface area contributed by atoms with Crippen molar-refractivity contribution >= 4 is 29.6 Å². The van der Waals surface area contributed by atoms with Gasteiger partial charge in [-0.3, -0.25) is 5.10 Å². The van der Waals surface area contributed by atoms with Gasteiger partial charge in [0.25, 0.3) is 0 Å². The van der Waals surface area contributed by atoms with E-state index in [1.54, 1.807) is 17.8 Å². The predicted octanol–water partition coefficient (Wildman–Crippen LogP) is 4.49. The van der Waals surface area contributed by atoms with Crippen LogP contribution in [0.25, 0.3) is 0 Å². The van der Waals surface area contributed by atoms with Crippen molar-refractivity contribution in [2.75, 3.05) is 19.0 Å². The minimum absolute atomic E-state index is 0.111. The van der Waals surface area contributed by atoms with E-state index in [1.807, 2.05) is 33.0 Å². The zero-order valence-corrected chi connectivity index (χ0v) is 19.3. The van der Waals surface area contributed by atoms with Crippen LogP contribution in [0.3, 0.4) is 0 Å². The molecule has 4 rings (SSSR count). The summed E-state index contributed by atoms with van der Waals surface area (Å²) in [6, 6.07) is 5.76. The summed E-state index contributed by atoms with van der Waals surface area (Å²) in [5.74, 6) is 3.02. The molecule has 8 heteroatoms. The number of aliphatic hydroxyl groups excluding tert-OH is 1. The van der Waals surface area contributed by atoms with Gasteiger partial charge in [0, 0.05) is 46.7 Å². The molecule has 0 amide bonds. The minimum Gasteiger partial charge on any atom is -0.394 e. The number of thioether (sulfide) groups is 1. The van der Waals surface area contributed by atoms with Crippen molar-refractivity contribution in [3.63, 3.8) is 0 Å². The maximum Gasteiger partial charge on any atom is 0.152 e. The molecular weight excluding hydrogens is 415 g/mol. The number of aldehydes is 1. The van der Waals surface area contributed by atoms with E-state index in [-0.39, 0.29) is 18.0 Å². The van der Waals surface area contributed by atoms with Crippen LogP contribution in [-0.2, 0) is 16.3 Å². The molecule has 1 saturated carbocycles. The number of aromatic amines is 1. The summed E-state index contributed by atoms with van der Waals surface area (Å²) < 4.78 is 14.6. The van der Waals surface area contributed by atoms with E-state index < -0.39 is 0 Å². The quantitative estimate of drug-likeness (QED) is 0.467. The molecule has 1 aliphatic carbocycles. The molecule has 1 fully saturated rings. The van der Waals surface area contributed by atoms with Gasteiger partial charge >= 0.3 is 0 Å². The molecule has 1 aromatic heterocycles. The number of nitrogens with one attached hydrogen (secondary N) is 3. The van der Waals surface area contributed by atoms with Crippen LogP contribution in [0.1, 0.15) is 62.3 Å². The lowest BCUT2D eigenvalue weighted by molar-refractivity contribution is -0.108. The van der Waals surface area contributed by atoms with E-state index in [2.05, 4.69) is 20.8 Å². The fourth-order valence-corrected chi connectivity index (χ4v) is 4.96. The number of aromatic nitrogens is 2. The van der Waals surface area contributed by atoms with Gasteiger partial charge in [0.05, 0.1) is 12.3 Å². The molecule has 31 heavy (non-hydrogen) atoms. The van der Waals surface area contributed by atoms with Gasteiger partial charge in [-0.05, 0) is 57.7 Å². The van der Waals surface area contributed by atoms with Crippen LogP contribution < -0.4 is 10.6 Å². The molecule has 2 aliphatic rings. The zero-order valence-electron chi connectivity index (χ0n) is 18.5. The molecule has 0 saturated heterocycles. The number of hydrogen-bond donors (Lipinski definition) is 4. The Kier molecular flexibility index (Phi) is 8.13. The number of aliphatic hydroxyl groups is 1. The molecule has 2 heterocycles. The smallest absolute Gasteiger partial charge is 0.152 e. The van der Waals surface area contributed by atoms with Gasteiger partial charge in [-0.15, -0.1) is 0 Å². The number of likely N-dealkylation sites (N-methyl/N-ethyl adjacent to an activating group) is 1. The molecule has 170 valence electrons. The molecule has 4 N–H and O–H groups in total. The standard InChI is InChI=1S/C18H20FN3OS.C5H13NO/c19-18-14-10-24-9-13(14)3-4-15(18)20-17-8-16(21-22-17)12-2-1-11(7-12)5-6-23;1-5(2,4-7)6-3/h3-4,6,8,11-12H,1-2,5,7,9-10H2,(H2,20,21,22);6-7H,4H2,1-3H3. The van der Waals surface area contributed by atoms with Crippen LogP contribution in [0.2, 0.25) is 0 Å². The Morgan fingerprint density at radius 3 is 2.84 bits per heavy atom. The van der Waals surface area contributed by atoms with Crippen LogP contribution in [0.5, 0.6) is 0 Å². The number of carbonyl (C=O) groups excluding carboxylic acids is 1. The van der Waals surface area contributed by atoms with Crippen molar-refractivity contribution in [2.24, 2.45) is 5.92 Å². The monoisotopic (exact) mass is 448 g/mol. The molecule has 1 aliphatic heterocycles. The summed E-state index contributed by atoms with van der Waals surface area (Å²) in [6.07, 6.45) is 4.84. The van der Waals surface area contributed by atoms with Gasteiger partial charge in [0.1, 0.15) is 6.29 Å². The molecule has 2 atom stereocenters. The van der Waals surface area contributed by atoms with E-state index in [0.29, 0.717) is 29.8 Å². The highest BCUT2D eigenvalue weighted by Gasteiger charge is 2.27. The van der Waals surface area contributed by atoms with Crippen molar-refractivity contribution in [1.29, 1.82) is 0 Å². The van der Waals surface area contributed by atoms with Crippen molar-refractivity contribution < 1.29 is 14.3 Å². The third-order valence-corrected chi connectivity index (χ3v) is 7.20. The molecular formula is C23H33FN4O2S. The van der Waals surface area contributed by atoms with Crippen molar-refractivity contribution in [3.8, 4) is 0 Å². The molecule has 0 radical (unpaired) electrons. The maximum atomic E-state index is 14.6. The van der Waals surface area contributed by atoms with E-state index in [0.717, 1.165) is 53.9 Å². The number of anilines is 2. The Morgan fingerprint density at radius 1 is 1.35 bits per heavy atom. The Labute approximate surface area is 187 Å². The predicted molar refractivity (Wildman–Crippen MR) is 124 cm³/mol. The fraction of sp³-hybridized carbons (Fsp3) is 0.565. The lowest BCUT2D eigenvalue weighted by Gasteiger charge is -2.19. The number of rotatable bonds is 7. The lowest BCUT2D eigenvalue weighted by Crippen LogP contribution is -2.39. The Balaban J connectivity index is 0.000000339. The summed E-state index contributed by atoms with van der Waals surface area (Å²) in [4.78, 5) is 10.7. The molecule has 1 aromatic carbocycles. The van der Waals surface area contributed by atoms with E-state index in [1.165, 1.54) is 0 Å². The summed E-state index contributed by atoms with van der Waals surface area (Å²) in [7, 11) is 1.83. The highest BCUT2D eigenvalue weighted by Crippen LogP contribution is 2.40. The lowest BCUT2D eigenvalue weighted by atomic mass is 10.0. The van der Waals surface area contributed by atoms with Gasteiger partial charge < -0.3 is 20.5 Å². The third-order valence-electron chi connectivity index (χ3n) is 6.19. The van der Waals surface area contributed by atoms with E-state index in [9.17, 15) is 9.18 Å². The first-order valence-electron chi connectivity index (χ1n) is 10.8. The normalized spacial score (nSPS) is 20.2. The van der Waals surface area contributed by atoms with Crippen LogP contribution in [0.15, 0.2) is 18.2 Å².